The number of nitrogens with two attached hydrogens (primary N) is 1. The summed E-state index contributed by atoms with van der Waals surface area (Å²) >= 11 is 0. The van der Waals surface area contributed by atoms with Crippen molar-refractivity contribution in [2.24, 2.45) is 5.73 Å². The third-order valence-corrected chi connectivity index (χ3v) is 2.42. The van der Waals surface area contributed by atoms with Gasteiger partial charge in [0.15, 0.2) is 11.9 Å². The summed E-state index contributed by atoms with van der Waals surface area (Å²) in [5, 5.41) is 2.26. The van der Waals surface area contributed by atoms with Crippen LogP contribution in [0.2, 0.25) is 0 Å². The lowest BCUT2D eigenvalue weighted by Crippen LogP contribution is -2.48. The highest BCUT2D eigenvalue weighted by molar-refractivity contribution is 5.95. The van der Waals surface area contributed by atoms with E-state index in [1.54, 1.807) is 12.1 Å². The molecule has 0 aromatic carbocycles. The molecule has 8 nitrogen and oxygen atoms in total. The number of methoxy groups -OCH3 is 1. The van der Waals surface area contributed by atoms with Crippen molar-refractivity contribution in [2.75, 3.05) is 7.11 Å². The first-order chi connectivity index (χ1) is 9.61. The minimum atomic E-state index is -1.26. The van der Waals surface area contributed by atoms with Gasteiger partial charge in [0.25, 0.3) is 5.91 Å². The second kappa shape index (κ2) is 5.93. The fraction of sp³-hybridized carbons (Fsp3) is 0.167. The quantitative estimate of drug-likeness (QED) is 0.592. The molecule has 0 aliphatic rings. The average Bonchev–Trinajstić information content (AvgIpc) is 3.00. The van der Waals surface area contributed by atoms with Crippen LogP contribution in [0.1, 0.15) is 10.5 Å². The molecule has 0 radical (unpaired) electrons. The van der Waals surface area contributed by atoms with Gasteiger partial charge in [0, 0.05) is 0 Å². The van der Waals surface area contributed by atoms with Gasteiger partial charge in [-0.2, -0.15) is 0 Å². The zero-order valence-electron chi connectivity index (χ0n) is 10.6. The van der Waals surface area contributed by atoms with Gasteiger partial charge in [-0.1, -0.05) is 0 Å². The largest absolute Gasteiger partial charge is 0.466 e. The number of ether oxygens (including phenoxy) is 1. The van der Waals surface area contributed by atoms with Crippen molar-refractivity contribution < 1.29 is 18.7 Å². The van der Waals surface area contributed by atoms with Crippen LogP contribution in [0, 0.1) is 0 Å². The Hall–Kier alpha value is -2.74. The van der Waals surface area contributed by atoms with Gasteiger partial charge < -0.3 is 20.2 Å². The Morgan fingerprint density at radius 3 is 2.90 bits per heavy atom. The molecular weight excluding hydrogens is 264 g/mol. The van der Waals surface area contributed by atoms with Crippen molar-refractivity contribution in [3.05, 3.63) is 36.5 Å². The number of amides is 1. The molecule has 0 bridgehead atoms. The third kappa shape index (κ3) is 2.98. The van der Waals surface area contributed by atoms with Crippen LogP contribution in [0.3, 0.4) is 0 Å². The van der Waals surface area contributed by atoms with E-state index in [0.717, 1.165) is 0 Å². The molecule has 1 unspecified atom stereocenters. The van der Waals surface area contributed by atoms with E-state index < -0.39 is 18.0 Å². The summed E-state index contributed by atoms with van der Waals surface area (Å²) in [5.74, 6) is -0.865. The maximum absolute atomic E-state index is 11.9. The number of carbonyl (C=O) groups excluding carboxylic acids is 2. The van der Waals surface area contributed by atoms with Crippen molar-refractivity contribution in [3.63, 3.8) is 0 Å². The molecule has 2 rings (SSSR count). The maximum atomic E-state index is 11.9. The van der Waals surface area contributed by atoms with E-state index in [2.05, 4.69) is 20.0 Å². The molecule has 0 spiro atoms. The SMILES string of the molecule is COC(=O)C(N)NC(=O)c1cc(-c2ccco2)ncn1. The monoisotopic (exact) mass is 276 g/mol. The zero-order chi connectivity index (χ0) is 14.5. The highest BCUT2D eigenvalue weighted by Crippen LogP contribution is 2.16. The van der Waals surface area contributed by atoms with Gasteiger partial charge in [0.05, 0.1) is 13.4 Å². The zero-order valence-corrected chi connectivity index (χ0v) is 10.6. The molecule has 20 heavy (non-hydrogen) atoms. The molecule has 2 aromatic rings. The Balaban J connectivity index is 2.15. The van der Waals surface area contributed by atoms with Gasteiger partial charge >= 0.3 is 5.97 Å². The van der Waals surface area contributed by atoms with Crippen LogP contribution in [0.4, 0.5) is 0 Å². The van der Waals surface area contributed by atoms with Crippen molar-refractivity contribution in [2.45, 2.75) is 6.17 Å². The molecular formula is C12H12N4O4. The van der Waals surface area contributed by atoms with Crippen molar-refractivity contribution in [1.82, 2.24) is 15.3 Å². The maximum Gasteiger partial charge on any atom is 0.343 e. The summed E-state index contributed by atoms with van der Waals surface area (Å²) in [5.41, 5.74) is 5.94. The van der Waals surface area contributed by atoms with E-state index in [-0.39, 0.29) is 5.69 Å². The predicted molar refractivity (Wildman–Crippen MR) is 67.2 cm³/mol. The molecule has 0 aliphatic heterocycles. The van der Waals surface area contributed by atoms with Crippen LogP contribution in [-0.2, 0) is 9.53 Å². The Morgan fingerprint density at radius 2 is 2.25 bits per heavy atom. The minimum Gasteiger partial charge on any atom is -0.466 e. The number of carbonyl (C=O) groups is 2. The van der Waals surface area contributed by atoms with E-state index in [0.29, 0.717) is 11.5 Å². The van der Waals surface area contributed by atoms with Crippen LogP contribution in [0.25, 0.3) is 11.5 Å². The number of hydrogen-bond donors (Lipinski definition) is 2. The molecule has 8 heteroatoms. The predicted octanol–water partition coefficient (Wildman–Crippen LogP) is -0.0758. The van der Waals surface area contributed by atoms with E-state index in [1.165, 1.54) is 25.8 Å². The smallest absolute Gasteiger partial charge is 0.343 e. The summed E-state index contributed by atoms with van der Waals surface area (Å²) in [6.45, 7) is 0. The molecule has 1 atom stereocenters. The molecule has 104 valence electrons. The first kappa shape index (κ1) is 13.7. The van der Waals surface area contributed by atoms with Gasteiger partial charge in [-0.05, 0) is 18.2 Å². The summed E-state index contributed by atoms with van der Waals surface area (Å²) in [6.07, 6.45) is 1.45. The van der Waals surface area contributed by atoms with Crippen LogP contribution in [0.5, 0.6) is 0 Å². The number of nitrogens with one attached hydrogen (secondary N) is 1. The standard InChI is InChI=1S/C12H12N4O4/c1-19-12(18)10(13)16-11(17)8-5-7(14-6-15-8)9-3-2-4-20-9/h2-6,10H,13H2,1H3,(H,16,17). The van der Waals surface area contributed by atoms with Crippen molar-refractivity contribution >= 4 is 11.9 Å². The van der Waals surface area contributed by atoms with Gasteiger partial charge in [0.1, 0.15) is 17.7 Å². The van der Waals surface area contributed by atoms with E-state index in [4.69, 9.17) is 10.2 Å². The second-order valence-electron chi connectivity index (χ2n) is 3.74. The summed E-state index contributed by atoms with van der Waals surface area (Å²) in [6, 6.07) is 4.83. The normalized spacial score (nSPS) is 11.7. The molecule has 0 saturated heterocycles. The van der Waals surface area contributed by atoms with E-state index in [9.17, 15) is 9.59 Å². The fourth-order valence-electron chi connectivity index (χ4n) is 1.44. The Bertz CT molecular complexity index is 612. The van der Waals surface area contributed by atoms with Gasteiger partial charge in [-0.3, -0.25) is 4.79 Å². The lowest BCUT2D eigenvalue weighted by molar-refractivity contribution is -0.142. The molecule has 0 aliphatic carbocycles. The lowest BCUT2D eigenvalue weighted by Gasteiger charge is -2.10. The average molecular weight is 276 g/mol. The highest BCUT2D eigenvalue weighted by Gasteiger charge is 2.19. The Morgan fingerprint density at radius 1 is 1.45 bits per heavy atom. The summed E-state index contributed by atoms with van der Waals surface area (Å²) < 4.78 is 9.58. The van der Waals surface area contributed by atoms with Crippen molar-refractivity contribution in [3.8, 4) is 11.5 Å². The van der Waals surface area contributed by atoms with Gasteiger partial charge in [0.2, 0.25) is 0 Å². The minimum absolute atomic E-state index is 0.0609. The number of aromatic nitrogens is 2. The summed E-state index contributed by atoms with van der Waals surface area (Å²) in [7, 11) is 1.17. The van der Waals surface area contributed by atoms with Crippen molar-refractivity contribution in [1.29, 1.82) is 0 Å². The van der Waals surface area contributed by atoms with Gasteiger partial charge in [-0.15, -0.1) is 0 Å². The number of hydrogen-bond acceptors (Lipinski definition) is 7. The third-order valence-electron chi connectivity index (χ3n) is 2.42. The summed E-state index contributed by atoms with van der Waals surface area (Å²) in [4.78, 5) is 30.8. The topological polar surface area (TPSA) is 120 Å². The Labute approximate surface area is 114 Å². The van der Waals surface area contributed by atoms with Gasteiger partial charge in [-0.25, -0.2) is 14.8 Å². The van der Waals surface area contributed by atoms with E-state index >= 15 is 0 Å². The molecule has 2 aromatic heterocycles. The lowest BCUT2D eigenvalue weighted by atomic mass is 10.2. The van der Waals surface area contributed by atoms with Crippen LogP contribution in [0.15, 0.2) is 35.2 Å². The molecule has 0 saturated carbocycles. The molecule has 3 N–H and O–H groups in total. The number of rotatable bonds is 4. The first-order valence-electron chi connectivity index (χ1n) is 5.62. The fourth-order valence-corrected chi connectivity index (χ4v) is 1.44. The number of esters is 1. The molecule has 1 amide bonds. The highest BCUT2D eigenvalue weighted by atomic mass is 16.5. The van der Waals surface area contributed by atoms with E-state index in [1.807, 2.05) is 0 Å². The number of furan rings is 1. The second-order valence-corrected chi connectivity index (χ2v) is 3.74. The molecule has 0 fully saturated rings. The molecule has 2 heterocycles. The first-order valence-corrected chi connectivity index (χ1v) is 5.62. The number of nitrogens with zero attached hydrogens (tertiary/aromatic N) is 2. The van der Waals surface area contributed by atoms with Crippen LogP contribution < -0.4 is 11.1 Å². The van der Waals surface area contributed by atoms with Crippen LogP contribution in [-0.4, -0.2) is 35.1 Å². The van der Waals surface area contributed by atoms with Crippen LogP contribution >= 0.6 is 0 Å². The Kier molecular flexibility index (Phi) is 4.06.